The Hall–Kier alpha value is -2.65. The Morgan fingerprint density at radius 3 is 2.56 bits per heavy atom. The van der Waals surface area contributed by atoms with E-state index < -0.39 is 22.5 Å². The summed E-state index contributed by atoms with van der Waals surface area (Å²) in [4.78, 5) is 44.9. The number of halogens is 1. The molecule has 0 aliphatic rings. The summed E-state index contributed by atoms with van der Waals surface area (Å²) in [6.07, 6.45) is 0. The van der Waals surface area contributed by atoms with Gasteiger partial charge in [0.25, 0.3) is 5.56 Å². The summed E-state index contributed by atoms with van der Waals surface area (Å²) in [5.41, 5.74) is -0.465. The number of aromatic nitrogens is 4. The average molecular weight is 406 g/mol. The monoisotopic (exact) mass is 405 g/mol. The van der Waals surface area contributed by atoms with Crippen molar-refractivity contribution in [3.8, 4) is 11.4 Å². The van der Waals surface area contributed by atoms with E-state index >= 15 is 0 Å². The first-order chi connectivity index (χ1) is 12.7. The van der Waals surface area contributed by atoms with Gasteiger partial charge in [0.15, 0.2) is 11.5 Å². The van der Waals surface area contributed by atoms with Crippen molar-refractivity contribution in [1.29, 1.82) is 0 Å². The summed E-state index contributed by atoms with van der Waals surface area (Å²) >= 11 is 6.88. The quantitative estimate of drug-likeness (QED) is 0.461. The molecule has 0 fully saturated rings. The molecule has 3 aromatic rings. The number of benzene rings is 1. The molecule has 0 aliphatic heterocycles. The summed E-state index contributed by atoms with van der Waals surface area (Å²) in [5, 5.41) is 10.9. The van der Waals surface area contributed by atoms with Crippen LogP contribution in [0.25, 0.3) is 22.4 Å². The van der Waals surface area contributed by atoms with E-state index in [1.54, 1.807) is 24.3 Å². The van der Waals surface area contributed by atoms with Gasteiger partial charge in [-0.05, 0) is 19.1 Å². The van der Waals surface area contributed by atoms with Crippen LogP contribution in [0.2, 0.25) is 5.02 Å². The fourth-order valence-electron chi connectivity index (χ4n) is 2.49. The van der Waals surface area contributed by atoms with E-state index in [4.69, 9.17) is 11.6 Å². The fraction of sp³-hybridized carbons (Fsp3) is 0.235. The largest absolute Gasteiger partial charge is 0.549 e. The predicted molar refractivity (Wildman–Crippen MR) is 101 cm³/mol. The molecule has 0 amide bonds. The van der Waals surface area contributed by atoms with Gasteiger partial charge in [-0.1, -0.05) is 35.5 Å². The Morgan fingerprint density at radius 2 is 1.93 bits per heavy atom. The minimum Gasteiger partial charge on any atom is -0.549 e. The van der Waals surface area contributed by atoms with E-state index in [0.29, 0.717) is 10.6 Å². The maximum atomic E-state index is 12.6. The second-order valence-corrected chi connectivity index (χ2v) is 7.61. The van der Waals surface area contributed by atoms with Crippen LogP contribution >= 0.6 is 23.4 Å². The van der Waals surface area contributed by atoms with Gasteiger partial charge in [-0.2, -0.15) is 0 Å². The highest BCUT2D eigenvalue weighted by molar-refractivity contribution is 8.00. The Balaban J connectivity index is 2.40. The number of nitrogens with zero attached hydrogens (tertiary/aromatic N) is 4. The maximum absolute atomic E-state index is 12.6. The number of carboxylic acids is 1. The van der Waals surface area contributed by atoms with E-state index in [0.717, 1.165) is 16.3 Å². The molecule has 10 heteroatoms. The number of hydrogen-bond acceptors (Lipinski definition) is 7. The number of aryl methyl sites for hydroxylation is 1. The second kappa shape index (κ2) is 7.16. The Bertz CT molecular complexity index is 1190. The maximum Gasteiger partial charge on any atom is 0.332 e. The van der Waals surface area contributed by atoms with Crippen LogP contribution in [0.5, 0.6) is 0 Å². The Labute approximate surface area is 162 Å². The zero-order valence-corrected chi connectivity index (χ0v) is 16.2. The number of aliphatic carboxylic acids is 1. The van der Waals surface area contributed by atoms with Gasteiger partial charge in [0, 0.05) is 29.9 Å². The third kappa shape index (κ3) is 3.47. The molecule has 1 aromatic carbocycles. The molecule has 0 bridgehead atoms. The van der Waals surface area contributed by atoms with Crippen LogP contribution < -0.4 is 16.4 Å². The molecule has 0 aliphatic carbocycles. The summed E-state index contributed by atoms with van der Waals surface area (Å²) in [6.45, 7) is 1.43. The zero-order valence-electron chi connectivity index (χ0n) is 14.6. The number of carboxylic acid groups (broad SMARTS) is 1. The normalized spacial score (nSPS) is 12.3. The lowest BCUT2D eigenvalue weighted by Gasteiger charge is -2.15. The van der Waals surface area contributed by atoms with Crippen molar-refractivity contribution in [3.63, 3.8) is 0 Å². The highest BCUT2D eigenvalue weighted by Crippen LogP contribution is 2.29. The molecule has 0 saturated heterocycles. The van der Waals surface area contributed by atoms with Crippen LogP contribution in [0.3, 0.4) is 0 Å². The minimum atomic E-state index is -1.29. The first-order valence-electron chi connectivity index (χ1n) is 7.82. The first kappa shape index (κ1) is 19.1. The highest BCUT2D eigenvalue weighted by Gasteiger charge is 2.20. The van der Waals surface area contributed by atoms with E-state index in [2.05, 4.69) is 9.97 Å². The number of carbonyl (C=O) groups is 1. The molecule has 0 N–H and O–H groups in total. The first-order valence-corrected chi connectivity index (χ1v) is 9.07. The molecule has 0 unspecified atom stereocenters. The van der Waals surface area contributed by atoms with Crippen LogP contribution in [0, 0.1) is 0 Å². The van der Waals surface area contributed by atoms with Gasteiger partial charge in [0.2, 0.25) is 0 Å². The van der Waals surface area contributed by atoms with Crippen LogP contribution in [0.4, 0.5) is 0 Å². The number of fused-ring (bicyclic) bond motifs is 1. The molecular formula is C17H14ClN4O4S-. The van der Waals surface area contributed by atoms with Crippen LogP contribution in [0.15, 0.2) is 38.9 Å². The molecule has 2 aromatic heterocycles. The van der Waals surface area contributed by atoms with Gasteiger partial charge in [0.1, 0.15) is 10.4 Å². The van der Waals surface area contributed by atoms with Gasteiger partial charge in [-0.25, -0.2) is 14.8 Å². The molecule has 2 heterocycles. The van der Waals surface area contributed by atoms with Crippen LogP contribution in [-0.2, 0) is 18.9 Å². The molecule has 1 atom stereocenters. The summed E-state index contributed by atoms with van der Waals surface area (Å²) < 4.78 is 2.15. The van der Waals surface area contributed by atoms with Crippen molar-refractivity contribution in [1.82, 2.24) is 19.1 Å². The summed E-state index contributed by atoms with van der Waals surface area (Å²) in [6, 6.07) is 6.76. The lowest BCUT2D eigenvalue weighted by molar-refractivity contribution is -0.304. The molecule has 0 radical (unpaired) electrons. The Kier molecular flexibility index (Phi) is 5.07. The van der Waals surface area contributed by atoms with Gasteiger partial charge in [0.05, 0.1) is 5.97 Å². The molecule has 8 nitrogen and oxygen atoms in total. The van der Waals surface area contributed by atoms with E-state index in [-0.39, 0.29) is 21.9 Å². The predicted octanol–water partition coefficient (Wildman–Crippen LogP) is 0.578. The number of rotatable bonds is 4. The third-order valence-corrected chi connectivity index (χ3v) is 5.27. The van der Waals surface area contributed by atoms with Gasteiger partial charge in [-0.3, -0.25) is 13.9 Å². The van der Waals surface area contributed by atoms with Gasteiger partial charge < -0.3 is 9.90 Å². The van der Waals surface area contributed by atoms with Crippen molar-refractivity contribution in [2.75, 3.05) is 0 Å². The topological polar surface area (TPSA) is 110 Å². The van der Waals surface area contributed by atoms with E-state index in [1.165, 1.54) is 25.6 Å². The number of thioether (sulfide) groups is 1. The summed E-state index contributed by atoms with van der Waals surface area (Å²) in [7, 11) is 2.82. The Morgan fingerprint density at radius 1 is 1.22 bits per heavy atom. The molecule has 27 heavy (non-hydrogen) atoms. The van der Waals surface area contributed by atoms with E-state index in [1.807, 2.05) is 0 Å². The molecule has 0 spiro atoms. The fourth-order valence-corrected chi connectivity index (χ4v) is 3.54. The zero-order chi connectivity index (χ0) is 19.9. The van der Waals surface area contributed by atoms with Crippen LogP contribution in [-0.4, -0.2) is 30.3 Å². The van der Waals surface area contributed by atoms with E-state index in [9.17, 15) is 19.5 Å². The molecule has 3 rings (SSSR count). The van der Waals surface area contributed by atoms with Gasteiger partial charge >= 0.3 is 5.69 Å². The SMILES string of the molecule is C[C@@H](Sc1nc(-c2cccc(Cl)c2)nc2c1c(=O)n(C)c(=O)n2C)C(=O)[O-]. The van der Waals surface area contributed by atoms with Crippen molar-refractivity contribution < 1.29 is 9.90 Å². The second-order valence-electron chi connectivity index (χ2n) is 5.85. The lowest BCUT2D eigenvalue weighted by atomic mass is 10.2. The smallest absolute Gasteiger partial charge is 0.332 e. The average Bonchev–Trinajstić information content (AvgIpc) is 2.63. The lowest BCUT2D eigenvalue weighted by Crippen LogP contribution is -2.38. The van der Waals surface area contributed by atoms with Crippen molar-refractivity contribution in [3.05, 3.63) is 50.1 Å². The molecular weight excluding hydrogens is 392 g/mol. The van der Waals surface area contributed by atoms with Crippen molar-refractivity contribution in [2.45, 2.75) is 17.2 Å². The number of carbonyl (C=O) groups excluding carboxylic acids is 1. The third-order valence-electron chi connectivity index (χ3n) is 3.97. The minimum absolute atomic E-state index is 0.0727. The van der Waals surface area contributed by atoms with Crippen molar-refractivity contribution >= 4 is 40.4 Å². The molecule has 0 saturated carbocycles. The van der Waals surface area contributed by atoms with Crippen molar-refractivity contribution in [2.24, 2.45) is 14.1 Å². The van der Waals surface area contributed by atoms with Gasteiger partial charge in [-0.15, -0.1) is 0 Å². The summed E-state index contributed by atoms with van der Waals surface area (Å²) in [5.74, 6) is -1.07. The number of hydrogen-bond donors (Lipinski definition) is 0. The molecule has 140 valence electrons. The highest BCUT2D eigenvalue weighted by atomic mass is 35.5. The van der Waals surface area contributed by atoms with Crippen LogP contribution in [0.1, 0.15) is 6.92 Å². The standard InChI is InChI=1S/C17H15ClN4O4S/c1-8(16(24)25)27-14-11-13(21(2)17(26)22(3)15(11)23)19-12(20-14)9-5-4-6-10(18)7-9/h4-8H,1-3H3,(H,24,25)/p-1/t8-/m1/s1.